The van der Waals surface area contributed by atoms with Crippen LogP contribution in [0, 0.1) is 29.1 Å². The van der Waals surface area contributed by atoms with E-state index >= 15 is 0 Å². The average molecular weight is 738 g/mol. The summed E-state index contributed by atoms with van der Waals surface area (Å²) in [5, 5.41) is 14.0. The second kappa shape index (κ2) is 15.3. The number of carbonyl (C=O) groups is 5. The first-order valence-electron chi connectivity index (χ1n) is 17.5. The maximum absolute atomic E-state index is 13.7. The van der Waals surface area contributed by atoms with Crippen molar-refractivity contribution in [2.75, 3.05) is 13.7 Å². The molecule has 3 N–H and O–H groups in total. The van der Waals surface area contributed by atoms with E-state index in [-0.39, 0.29) is 68.6 Å². The molecule has 16 heteroatoms. The fourth-order valence-corrected chi connectivity index (χ4v) is 7.50. The van der Waals surface area contributed by atoms with Crippen molar-refractivity contribution in [1.29, 1.82) is 0 Å². The normalized spacial score (nSPS) is 26.6. The van der Waals surface area contributed by atoms with Gasteiger partial charge in [-0.15, -0.1) is 0 Å². The van der Waals surface area contributed by atoms with Gasteiger partial charge in [-0.1, -0.05) is 13.8 Å². The molecule has 3 amide bonds. The van der Waals surface area contributed by atoms with Crippen LogP contribution < -0.4 is 10.6 Å². The van der Waals surface area contributed by atoms with Gasteiger partial charge in [-0.25, -0.2) is 36.7 Å². The van der Waals surface area contributed by atoms with Gasteiger partial charge in [0.05, 0.1) is 7.11 Å². The van der Waals surface area contributed by atoms with E-state index in [1.54, 1.807) is 41.5 Å². The highest BCUT2D eigenvalue weighted by atomic mass is 19.3. The summed E-state index contributed by atoms with van der Waals surface area (Å²) in [6.07, 6.45) is -2.65. The summed E-state index contributed by atoms with van der Waals surface area (Å²) in [6.45, 7) is 14.6. The first-order chi connectivity index (χ1) is 23.2. The molecule has 51 heavy (non-hydrogen) atoms. The SMILES string of the molecule is CC(C)(C)OC(=O)NC(C(=O)O)C1CCC(F)(F)CC1.COC(=O)[C@@H]1[C@@H]2[C@H](CN1C(=O)C(NC(=O)OC(C)(C)C)C1CCC(F)(F)CC1)C2(C)C. The van der Waals surface area contributed by atoms with E-state index in [0.717, 1.165) is 0 Å². The Balaban J connectivity index is 0.000000304. The number of carboxylic acids is 1. The third-order valence-corrected chi connectivity index (χ3v) is 10.3. The van der Waals surface area contributed by atoms with Crippen LogP contribution in [0.1, 0.15) is 107 Å². The van der Waals surface area contributed by atoms with Crippen LogP contribution in [0.2, 0.25) is 0 Å². The second-order valence-corrected chi connectivity index (χ2v) is 16.9. The number of hydrogen-bond acceptors (Lipinski definition) is 8. The number of hydrogen-bond donors (Lipinski definition) is 3. The van der Waals surface area contributed by atoms with Gasteiger partial charge in [0.2, 0.25) is 17.8 Å². The van der Waals surface area contributed by atoms with Gasteiger partial charge < -0.3 is 34.9 Å². The number of fused-ring (bicyclic) bond motifs is 1. The molecule has 4 aliphatic rings. The van der Waals surface area contributed by atoms with Crippen molar-refractivity contribution in [3.8, 4) is 0 Å². The van der Waals surface area contributed by atoms with E-state index in [1.165, 1.54) is 12.0 Å². The number of methoxy groups -OCH3 is 1. The summed E-state index contributed by atoms with van der Waals surface area (Å²) in [6, 6.07) is -2.95. The minimum Gasteiger partial charge on any atom is -0.480 e. The van der Waals surface area contributed by atoms with Crippen molar-refractivity contribution >= 4 is 30.0 Å². The number of carbonyl (C=O) groups excluding carboxylic acids is 4. The molecule has 2 unspecified atom stereocenters. The summed E-state index contributed by atoms with van der Waals surface area (Å²) in [5.41, 5.74) is -1.59. The van der Waals surface area contributed by atoms with E-state index in [4.69, 9.17) is 19.3 Å². The first-order valence-corrected chi connectivity index (χ1v) is 17.5. The zero-order valence-electron chi connectivity index (χ0n) is 31.1. The fraction of sp³-hybridized carbons (Fsp3) is 0.857. The van der Waals surface area contributed by atoms with Crippen molar-refractivity contribution < 1.29 is 60.9 Å². The van der Waals surface area contributed by atoms with Gasteiger partial charge in [-0.2, -0.15) is 0 Å². The third-order valence-electron chi connectivity index (χ3n) is 10.3. The lowest BCUT2D eigenvalue weighted by Crippen LogP contribution is -2.57. The fourth-order valence-electron chi connectivity index (χ4n) is 7.50. The van der Waals surface area contributed by atoms with Crippen LogP contribution >= 0.6 is 0 Å². The van der Waals surface area contributed by atoms with Gasteiger partial charge in [0.25, 0.3) is 0 Å². The molecule has 0 radical (unpaired) electrons. The van der Waals surface area contributed by atoms with Gasteiger partial charge in [-0.3, -0.25) is 4.79 Å². The maximum Gasteiger partial charge on any atom is 0.408 e. The predicted molar refractivity (Wildman–Crippen MR) is 176 cm³/mol. The molecule has 0 spiro atoms. The molecule has 12 nitrogen and oxygen atoms in total. The minimum atomic E-state index is -2.76. The molecule has 3 saturated carbocycles. The van der Waals surface area contributed by atoms with E-state index < -0.39 is 83.0 Å². The number of aliphatic carboxylic acids is 1. The zero-order chi connectivity index (χ0) is 38.9. The highest BCUT2D eigenvalue weighted by Crippen LogP contribution is 2.65. The number of carboxylic acid groups (broad SMARTS) is 1. The molecule has 0 aromatic carbocycles. The minimum absolute atomic E-state index is 0.0123. The van der Waals surface area contributed by atoms with Crippen LogP contribution in [0.3, 0.4) is 0 Å². The molecule has 292 valence electrons. The van der Waals surface area contributed by atoms with Crippen LogP contribution in [0.5, 0.6) is 0 Å². The first kappa shape index (κ1) is 42.1. The predicted octanol–water partition coefficient (Wildman–Crippen LogP) is 6.15. The highest BCUT2D eigenvalue weighted by Gasteiger charge is 2.70. The monoisotopic (exact) mass is 737 g/mol. The lowest BCUT2D eigenvalue weighted by molar-refractivity contribution is -0.154. The molecular weight excluding hydrogens is 682 g/mol. The molecule has 4 fully saturated rings. The summed E-state index contributed by atoms with van der Waals surface area (Å²) in [5.74, 6) is -8.44. The van der Waals surface area contributed by atoms with E-state index in [1.807, 2.05) is 0 Å². The Morgan fingerprint density at radius 1 is 0.745 bits per heavy atom. The van der Waals surface area contributed by atoms with Crippen LogP contribution in [0.15, 0.2) is 0 Å². The topological polar surface area (TPSA) is 161 Å². The van der Waals surface area contributed by atoms with Crippen LogP contribution in [0.4, 0.5) is 27.2 Å². The third kappa shape index (κ3) is 11.3. The number of alkyl carbamates (subject to hydrolysis) is 2. The molecule has 3 aliphatic carbocycles. The Labute approximate surface area is 297 Å². The molecule has 1 saturated heterocycles. The smallest absolute Gasteiger partial charge is 0.408 e. The number of esters is 1. The van der Waals surface area contributed by atoms with Gasteiger partial charge >= 0.3 is 24.1 Å². The van der Waals surface area contributed by atoms with Crippen LogP contribution in [-0.4, -0.2) is 94.9 Å². The summed E-state index contributed by atoms with van der Waals surface area (Å²) < 4.78 is 68.8. The lowest BCUT2D eigenvalue weighted by atomic mass is 9.81. The number of nitrogens with zero attached hydrogens (tertiary/aromatic N) is 1. The van der Waals surface area contributed by atoms with E-state index in [0.29, 0.717) is 6.54 Å². The second-order valence-electron chi connectivity index (χ2n) is 16.9. The van der Waals surface area contributed by atoms with Crippen LogP contribution in [0.25, 0.3) is 0 Å². The lowest BCUT2D eigenvalue weighted by Gasteiger charge is -2.37. The molecule has 1 aliphatic heterocycles. The molecule has 0 bridgehead atoms. The summed E-state index contributed by atoms with van der Waals surface area (Å²) >= 11 is 0. The van der Waals surface area contributed by atoms with Gasteiger partial charge in [0.1, 0.15) is 29.3 Å². The van der Waals surface area contributed by atoms with Crippen molar-refractivity contribution in [2.24, 2.45) is 29.1 Å². The van der Waals surface area contributed by atoms with Crippen molar-refractivity contribution in [1.82, 2.24) is 15.5 Å². The number of halogens is 4. The molecule has 0 aromatic rings. The number of nitrogens with one attached hydrogen (secondary N) is 2. The Bertz CT molecular complexity index is 1290. The van der Waals surface area contributed by atoms with E-state index in [9.17, 15) is 41.5 Å². The number of piperidine rings is 1. The molecule has 4 rings (SSSR count). The highest BCUT2D eigenvalue weighted by molar-refractivity contribution is 5.91. The Kier molecular flexibility index (Phi) is 12.7. The Morgan fingerprint density at radius 3 is 1.51 bits per heavy atom. The maximum atomic E-state index is 13.7. The average Bonchev–Trinajstić information content (AvgIpc) is 3.29. The number of alkyl halides is 4. The standard InChI is InChI=1S/C22H34F2N2O5.C13H21F2NO4/c1-20(2,3)31-19(29)25-15(12-7-9-22(23,24)10-8-12)17(27)26-11-13-14(21(13,4)5)16(26)18(28)30-6;1-12(2,3)20-11(19)16-9(10(17)18)8-4-6-13(14,15)7-5-8/h12-16H,7-11H2,1-6H3,(H,25,29);8-9H,4-7H2,1-3H3,(H,16,19)(H,17,18)/t13-,14-,15?,16-;/m0./s1. The Morgan fingerprint density at radius 2 is 1.14 bits per heavy atom. The van der Waals surface area contributed by atoms with Crippen molar-refractivity contribution in [2.45, 2.75) is 148 Å². The Hall–Kier alpha value is -3.33. The number of amides is 3. The number of ether oxygens (including phenoxy) is 3. The molecule has 0 aromatic heterocycles. The van der Waals surface area contributed by atoms with E-state index in [2.05, 4.69) is 24.5 Å². The number of likely N-dealkylation sites (tertiary alicyclic amines) is 1. The summed E-state index contributed by atoms with van der Waals surface area (Å²) in [4.78, 5) is 62.8. The molecular formula is C35H55F4N3O9. The molecule has 5 atom stereocenters. The molecule has 1 heterocycles. The quantitative estimate of drug-likeness (QED) is 0.158. The van der Waals surface area contributed by atoms with Crippen molar-refractivity contribution in [3.05, 3.63) is 0 Å². The van der Waals surface area contributed by atoms with Crippen LogP contribution in [-0.2, 0) is 28.6 Å². The van der Waals surface area contributed by atoms with Gasteiger partial charge in [0, 0.05) is 38.1 Å². The van der Waals surface area contributed by atoms with Crippen molar-refractivity contribution in [3.63, 3.8) is 0 Å². The number of rotatable bonds is 7. The largest absolute Gasteiger partial charge is 0.480 e. The van der Waals surface area contributed by atoms with Gasteiger partial charge in [-0.05, 0) is 90.4 Å². The van der Waals surface area contributed by atoms with Gasteiger partial charge in [0.15, 0.2) is 0 Å². The zero-order valence-corrected chi connectivity index (χ0v) is 31.1. The summed E-state index contributed by atoms with van der Waals surface area (Å²) in [7, 11) is 1.29.